The lowest BCUT2D eigenvalue weighted by Crippen LogP contribution is -2.13. The molecule has 0 amide bonds. The largest absolute Gasteiger partial charge is 0.207 e. The standard InChI is InChI=1S/C22H21F/c1-2-15-3-4-18-12-19(8-7-17(18)11-15)20-6-5-16-9-10-22(23)14-21(16)13-20/h3-4,7-12,14,20H,2,5-6,13H2,1H3. The zero-order chi connectivity index (χ0) is 15.8. The summed E-state index contributed by atoms with van der Waals surface area (Å²) in [7, 11) is 0. The highest BCUT2D eigenvalue weighted by Crippen LogP contribution is 2.34. The van der Waals surface area contributed by atoms with Crippen LogP contribution in [0.2, 0.25) is 0 Å². The normalized spacial score (nSPS) is 17.2. The summed E-state index contributed by atoms with van der Waals surface area (Å²) in [5.41, 5.74) is 5.27. The lowest BCUT2D eigenvalue weighted by Gasteiger charge is -2.25. The molecule has 1 aliphatic rings. The summed E-state index contributed by atoms with van der Waals surface area (Å²) >= 11 is 0. The number of halogens is 1. The van der Waals surface area contributed by atoms with Crippen molar-refractivity contribution in [1.82, 2.24) is 0 Å². The third-order valence-electron chi connectivity index (χ3n) is 5.21. The van der Waals surface area contributed by atoms with Gasteiger partial charge in [-0.15, -0.1) is 0 Å². The fourth-order valence-corrected chi connectivity index (χ4v) is 3.80. The van der Waals surface area contributed by atoms with E-state index >= 15 is 0 Å². The number of rotatable bonds is 2. The zero-order valence-electron chi connectivity index (χ0n) is 13.5. The van der Waals surface area contributed by atoms with Crippen LogP contribution in [0.15, 0.2) is 54.6 Å². The maximum absolute atomic E-state index is 13.5. The molecule has 0 N–H and O–H groups in total. The quantitative estimate of drug-likeness (QED) is 0.560. The second-order valence-electron chi connectivity index (χ2n) is 6.65. The van der Waals surface area contributed by atoms with Gasteiger partial charge in [0.05, 0.1) is 0 Å². The molecule has 0 spiro atoms. The van der Waals surface area contributed by atoms with Crippen molar-refractivity contribution in [3.8, 4) is 0 Å². The summed E-state index contributed by atoms with van der Waals surface area (Å²) in [6, 6.07) is 18.8. The molecule has 0 fully saturated rings. The van der Waals surface area contributed by atoms with Gasteiger partial charge in [-0.3, -0.25) is 0 Å². The Bertz CT molecular complexity index is 863. The molecule has 3 aromatic carbocycles. The van der Waals surface area contributed by atoms with Crippen LogP contribution in [-0.4, -0.2) is 0 Å². The van der Waals surface area contributed by atoms with Gasteiger partial charge in [-0.05, 0) is 76.8 Å². The van der Waals surface area contributed by atoms with Gasteiger partial charge in [-0.25, -0.2) is 4.39 Å². The molecule has 1 aliphatic carbocycles. The first kappa shape index (κ1) is 14.4. The van der Waals surface area contributed by atoms with E-state index < -0.39 is 0 Å². The van der Waals surface area contributed by atoms with Crippen molar-refractivity contribution in [2.24, 2.45) is 0 Å². The highest BCUT2D eigenvalue weighted by atomic mass is 19.1. The molecule has 1 heteroatoms. The molecule has 1 unspecified atom stereocenters. The molecule has 0 radical (unpaired) electrons. The molecule has 0 aliphatic heterocycles. The van der Waals surface area contributed by atoms with Gasteiger partial charge in [-0.1, -0.05) is 49.4 Å². The van der Waals surface area contributed by atoms with Gasteiger partial charge in [-0.2, -0.15) is 0 Å². The lowest BCUT2D eigenvalue weighted by atomic mass is 9.80. The second kappa shape index (κ2) is 5.81. The molecule has 0 saturated carbocycles. The first-order valence-electron chi connectivity index (χ1n) is 8.53. The number of aryl methyl sites for hydroxylation is 2. The Kier molecular flexibility index (Phi) is 3.65. The third kappa shape index (κ3) is 2.76. The van der Waals surface area contributed by atoms with Gasteiger partial charge >= 0.3 is 0 Å². The van der Waals surface area contributed by atoms with E-state index in [1.807, 2.05) is 6.07 Å². The predicted octanol–water partition coefficient (Wildman–Crippen LogP) is 5.81. The Morgan fingerprint density at radius 1 is 0.913 bits per heavy atom. The molecule has 116 valence electrons. The maximum Gasteiger partial charge on any atom is 0.123 e. The third-order valence-corrected chi connectivity index (χ3v) is 5.21. The monoisotopic (exact) mass is 304 g/mol. The van der Waals surface area contributed by atoms with Crippen molar-refractivity contribution in [2.45, 2.75) is 38.5 Å². The first-order chi connectivity index (χ1) is 11.2. The summed E-state index contributed by atoms with van der Waals surface area (Å²) in [6.45, 7) is 2.19. The molecule has 4 rings (SSSR count). The minimum absolute atomic E-state index is 0.116. The summed E-state index contributed by atoms with van der Waals surface area (Å²) in [4.78, 5) is 0. The Balaban J connectivity index is 1.67. The smallest absolute Gasteiger partial charge is 0.123 e. The van der Waals surface area contributed by atoms with E-state index in [-0.39, 0.29) is 5.82 Å². The van der Waals surface area contributed by atoms with Gasteiger partial charge in [0.1, 0.15) is 5.82 Å². The van der Waals surface area contributed by atoms with Crippen molar-refractivity contribution in [1.29, 1.82) is 0 Å². The predicted molar refractivity (Wildman–Crippen MR) is 94.5 cm³/mol. The van der Waals surface area contributed by atoms with E-state index in [9.17, 15) is 4.39 Å². The Hall–Kier alpha value is -2.15. The van der Waals surface area contributed by atoms with E-state index in [0.717, 1.165) is 25.7 Å². The topological polar surface area (TPSA) is 0 Å². The van der Waals surface area contributed by atoms with Crippen LogP contribution in [-0.2, 0) is 19.3 Å². The van der Waals surface area contributed by atoms with Crippen LogP contribution in [0.5, 0.6) is 0 Å². The van der Waals surface area contributed by atoms with Crippen LogP contribution in [0.1, 0.15) is 41.5 Å². The van der Waals surface area contributed by atoms with Crippen molar-refractivity contribution < 1.29 is 4.39 Å². The first-order valence-corrected chi connectivity index (χ1v) is 8.53. The average molecular weight is 304 g/mol. The Morgan fingerprint density at radius 3 is 2.61 bits per heavy atom. The van der Waals surface area contributed by atoms with Crippen molar-refractivity contribution in [3.63, 3.8) is 0 Å². The minimum Gasteiger partial charge on any atom is -0.207 e. The molecule has 1 atom stereocenters. The van der Waals surface area contributed by atoms with E-state index in [4.69, 9.17) is 0 Å². The average Bonchev–Trinajstić information content (AvgIpc) is 2.60. The van der Waals surface area contributed by atoms with Gasteiger partial charge < -0.3 is 0 Å². The van der Waals surface area contributed by atoms with E-state index in [0.29, 0.717) is 5.92 Å². The van der Waals surface area contributed by atoms with Crippen LogP contribution in [0.3, 0.4) is 0 Å². The van der Waals surface area contributed by atoms with Gasteiger partial charge in [0.15, 0.2) is 0 Å². The SMILES string of the molecule is CCc1ccc2cc(C3CCc4ccc(F)cc4C3)ccc2c1. The zero-order valence-corrected chi connectivity index (χ0v) is 13.5. The number of hydrogen-bond acceptors (Lipinski definition) is 0. The van der Waals surface area contributed by atoms with Crippen molar-refractivity contribution >= 4 is 10.8 Å². The number of hydrogen-bond donors (Lipinski definition) is 0. The molecule has 0 nitrogen and oxygen atoms in total. The van der Waals surface area contributed by atoms with E-state index in [1.165, 1.54) is 33.0 Å². The maximum atomic E-state index is 13.5. The van der Waals surface area contributed by atoms with Crippen LogP contribution in [0.4, 0.5) is 4.39 Å². The van der Waals surface area contributed by atoms with Crippen molar-refractivity contribution in [3.05, 3.63) is 82.7 Å². The van der Waals surface area contributed by atoms with Crippen LogP contribution in [0, 0.1) is 5.82 Å². The number of fused-ring (bicyclic) bond motifs is 2. The second-order valence-corrected chi connectivity index (χ2v) is 6.65. The summed E-state index contributed by atoms with van der Waals surface area (Å²) < 4.78 is 13.5. The van der Waals surface area contributed by atoms with Crippen LogP contribution < -0.4 is 0 Å². The fourth-order valence-electron chi connectivity index (χ4n) is 3.80. The minimum atomic E-state index is -0.116. The highest BCUT2D eigenvalue weighted by molar-refractivity contribution is 5.84. The molecule has 3 aromatic rings. The van der Waals surface area contributed by atoms with Crippen LogP contribution >= 0.6 is 0 Å². The molecule has 0 saturated heterocycles. The lowest BCUT2D eigenvalue weighted by molar-refractivity contribution is 0.572. The Morgan fingerprint density at radius 2 is 1.74 bits per heavy atom. The Labute approximate surface area is 137 Å². The summed E-state index contributed by atoms with van der Waals surface area (Å²) in [6.07, 6.45) is 4.22. The van der Waals surface area contributed by atoms with Gasteiger partial charge in [0.2, 0.25) is 0 Å². The molecular weight excluding hydrogens is 283 g/mol. The van der Waals surface area contributed by atoms with Crippen LogP contribution in [0.25, 0.3) is 10.8 Å². The summed E-state index contributed by atoms with van der Waals surface area (Å²) in [5.74, 6) is 0.384. The molecule has 0 heterocycles. The van der Waals surface area contributed by atoms with Gasteiger partial charge in [0, 0.05) is 0 Å². The summed E-state index contributed by atoms with van der Waals surface area (Å²) in [5, 5.41) is 2.63. The highest BCUT2D eigenvalue weighted by Gasteiger charge is 2.20. The molecule has 0 aromatic heterocycles. The van der Waals surface area contributed by atoms with E-state index in [2.05, 4.69) is 43.3 Å². The molecular formula is C22H21F. The molecule has 23 heavy (non-hydrogen) atoms. The fraction of sp³-hybridized carbons (Fsp3) is 0.273. The number of benzene rings is 3. The van der Waals surface area contributed by atoms with E-state index in [1.54, 1.807) is 12.1 Å². The molecule has 0 bridgehead atoms. The van der Waals surface area contributed by atoms with Gasteiger partial charge in [0.25, 0.3) is 0 Å². The van der Waals surface area contributed by atoms with Crippen molar-refractivity contribution in [2.75, 3.05) is 0 Å².